The van der Waals surface area contributed by atoms with Crippen molar-refractivity contribution in [1.82, 2.24) is 4.90 Å². The number of hydrogen-bond acceptors (Lipinski definition) is 7. The van der Waals surface area contributed by atoms with Gasteiger partial charge >= 0.3 is 5.97 Å². The van der Waals surface area contributed by atoms with Crippen LogP contribution in [0, 0.1) is 34.9 Å². The van der Waals surface area contributed by atoms with E-state index in [9.17, 15) is 22.9 Å². The lowest BCUT2D eigenvalue weighted by atomic mass is 9.59. The predicted octanol–water partition coefficient (Wildman–Crippen LogP) is 6.00. The fourth-order valence-electron chi connectivity index (χ4n) is 7.94. The number of nitrogens with zero attached hydrogens (tertiary/aromatic N) is 3. The molecule has 7 nitrogen and oxygen atoms in total. The second-order valence-electron chi connectivity index (χ2n) is 12.8. The van der Waals surface area contributed by atoms with Crippen molar-refractivity contribution < 1.29 is 22.3 Å². The van der Waals surface area contributed by atoms with E-state index in [0.29, 0.717) is 21.3 Å². The summed E-state index contributed by atoms with van der Waals surface area (Å²) in [4.78, 5) is 17.3. The van der Waals surface area contributed by atoms with Crippen LogP contribution in [-0.2, 0) is 24.8 Å². The van der Waals surface area contributed by atoms with Crippen LogP contribution in [-0.4, -0.2) is 58.1 Å². The van der Waals surface area contributed by atoms with Gasteiger partial charge in [-0.05, 0) is 105 Å². The van der Waals surface area contributed by atoms with Gasteiger partial charge in [0.2, 0.25) is 9.84 Å². The van der Waals surface area contributed by atoms with Crippen LogP contribution in [0.25, 0.3) is 0 Å². The summed E-state index contributed by atoms with van der Waals surface area (Å²) in [7, 11) is -3.54. The van der Waals surface area contributed by atoms with Gasteiger partial charge in [0, 0.05) is 44.1 Å². The summed E-state index contributed by atoms with van der Waals surface area (Å²) in [5, 5.41) is 10.8. The fraction of sp³-hybridized carbons (Fsp3) is 0.444. The molecule has 3 aromatic rings. The minimum absolute atomic E-state index is 0.0327. The molecule has 1 unspecified atom stereocenters. The maximum absolute atomic E-state index is 14.5. The summed E-state index contributed by atoms with van der Waals surface area (Å²) in [5.74, 6) is -0.324. The molecule has 1 saturated carbocycles. The Kier molecular flexibility index (Phi) is 8.98. The van der Waals surface area contributed by atoms with Gasteiger partial charge in [0.1, 0.15) is 11.9 Å². The molecule has 6 rings (SSSR count). The van der Waals surface area contributed by atoms with Crippen molar-refractivity contribution >= 4 is 21.5 Å². The van der Waals surface area contributed by atoms with Crippen LogP contribution in [0.1, 0.15) is 44.6 Å². The lowest BCUT2D eigenvalue weighted by molar-refractivity contribution is -0.149. The molecule has 1 aliphatic carbocycles. The van der Waals surface area contributed by atoms with Crippen LogP contribution in [0.15, 0.2) is 88.7 Å². The Labute approximate surface area is 265 Å². The highest BCUT2D eigenvalue weighted by Crippen LogP contribution is 2.51. The van der Waals surface area contributed by atoms with E-state index >= 15 is 0 Å². The molecule has 0 radical (unpaired) electrons. The van der Waals surface area contributed by atoms with Gasteiger partial charge in [-0.1, -0.05) is 30.3 Å². The van der Waals surface area contributed by atoms with Gasteiger partial charge in [-0.15, -0.1) is 0 Å². The molecule has 0 spiro atoms. The SMILES string of the molecule is CC(=O)O[C@@H]1CCC[C@H]1C(C#N)(c1cccc(F)c1)C1CCN(CC2CN(c3ccc(S(=O)(=O)c4ccccc4)cc3)C2)CC1. The molecule has 0 amide bonds. The maximum Gasteiger partial charge on any atom is 0.302 e. The molecule has 2 heterocycles. The van der Waals surface area contributed by atoms with Gasteiger partial charge in [-0.25, -0.2) is 12.8 Å². The second-order valence-corrected chi connectivity index (χ2v) is 14.8. The van der Waals surface area contributed by atoms with Crippen molar-refractivity contribution in [2.45, 2.75) is 60.3 Å². The Morgan fingerprint density at radius 2 is 1.64 bits per heavy atom. The van der Waals surface area contributed by atoms with E-state index in [2.05, 4.69) is 15.9 Å². The summed E-state index contributed by atoms with van der Waals surface area (Å²) < 4.78 is 46.1. The Morgan fingerprint density at radius 1 is 0.956 bits per heavy atom. The molecule has 0 bridgehead atoms. The van der Waals surface area contributed by atoms with Crippen LogP contribution in [0.4, 0.5) is 10.1 Å². The van der Waals surface area contributed by atoms with E-state index in [1.54, 1.807) is 48.5 Å². The van der Waals surface area contributed by atoms with E-state index in [-0.39, 0.29) is 29.7 Å². The largest absolute Gasteiger partial charge is 0.462 e. The Morgan fingerprint density at radius 3 is 2.29 bits per heavy atom. The average Bonchev–Trinajstić information content (AvgIpc) is 3.48. The lowest BCUT2D eigenvalue weighted by Crippen LogP contribution is -2.54. The maximum atomic E-state index is 14.5. The summed E-state index contributed by atoms with van der Waals surface area (Å²) in [6, 6.07) is 24.8. The minimum atomic E-state index is -3.54. The summed E-state index contributed by atoms with van der Waals surface area (Å²) in [5.41, 5.74) is 0.799. The second kappa shape index (κ2) is 12.9. The van der Waals surface area contributed by atoms with Crippen LogP contribution < -0.4 is 4.90 Å². The van der Waals surface area contributed by atoms with Crippen molar-refractivity contribution in [1.29, 1.82) is 5.26 Å². The summed E-state index contributed by atoms with van der Waals surface area (Å²) in [6.07, 6.45) is 3.69. The molecular formula is C36H40FN3O4S. The number of likely N-dealkylation sites (tertiary alicyclic amines) is 1. The predicted molar refractivity (Wildman–Crippen MR) is 170 cm³/mol. The molecule has 2 aliphatic heterocycles. The number of esters is 1. The van der Waals surface area contributed by atoms with Crippen molar-refractivity contribution in [3.63, 3.8) is 0 Å². The first-order valence-corrected chi connectivity index (χ1v) is 17.4. The zero-order valence-electron chi connectivity index (χ0n) is 25.6. The molecule has 2 saturated heterocycles. The minimum Gasteiger partial charge on any atom is -0.462 e. The number of halogens is 1. The average molecular weight is 630 g/mol. The van der Waals surface area contributed by atoms with E-state index in [1.807, 2.05) is 18.2 Å². The van der Waals surface area contributed by atoms with Crippen molar-refractivity contribution in [3.8, 4) is 6.07 Å². The fourth-order valence-corrected chi connectivity index (χ4v) is 9.22. The molecule has 0 N–H and O–H groups in total. The molecule has 3 aliphatic rings. The standard InChI is InChI=1S/C36H40FN3O4S/c1-26(41)44-35-12-6-11-34(35)36(25-38,29-7-5-8-30(37)21-29)28-17-19-39(20-18-28)22-27-23-40(24-27)31-13-15-33(16-14-31)45(42,43)32-9-3-2-4-10-32/h2-5,7-10,13-16,21,27-28,34-35H,6,11-12,17-20,22-24H2,1H3/t34-,35-,36?/m1/s1. The number of piperidine rings is 1. The first kappa shape index (κ1) is 31.3. The van der Waals surface area contributed by atoms with Crippen molar-refractivity contribution in [2.24, 2.45) is 17.8 Å². The summed E-state index contributed by atoms with van der Waals surface area (Å²) in [6.45, 7) is 5.90. The number of anilines is 1. The topological polar surface area (TPSA) is 90.7 Å². The summed E-state index contributed by atoms with van der Waals surface area (Å²) >= 11 is 0. The quantitative estimate of drug-likeness (QED) is 0.268. The van der Waals surface area contributed by atoms with Crippen LogP contribution in [0.3, 0.4) is 0 Å². The Hall–Kier alpha value is -3.74. The highest BCUT2D eigenvalue weighted by molar-refractivity contribution is 7.91. The molecule has 9 heteroatoms. The highest BCUT2D eigenvalue weighted by atomic mass is 32.2. The van der Waals surface area contributed by atoms with Crippen LogP contribution >= 0.6 is 0 Å². The third-order valence-corrected chi connectivity index (χ3v) is 11.9. The van der Waals surface area contributed by atoms with E-state index in [4.69, 9.17) is 4.74 Å². The highest BCUT2D eigenvalue weighted by Gasteiger charge is 2.53. The van der Waals surface area contributed by atoms with Gasteiger partial charge in [0.25, 0.3) is 0 Å². The first-order valence-electron chi connectivity index (χ1n) is 15.9. The van der Waals surface area contributed by atoms with Gasteiger partial charge in [0.05, 0.1) is 21.3 Å². The Bertz CT molecular complexity index is 1650. The van der Waals surface area contributed by atoms with Crippen molar-refractivity contribution in [2.75, 3.05) is 37.6 Å². The van der Waals surface area contributed by atoms with E-state index in [1.165, 1.54) is 19.1 Å². The number of benzene rings is 3. The number of carbonyl (C=O) groups excluding carboxylic acids is 1. The van der Waals surface area contributed by atoms with Gasteiger partial charge < -0.3 is 14.5 Å². The molecule has 236 valence electrons. The van der Waals surface area contributed by atoms with Crippen molar-refractivity contribution in [3.05, 3.63) is 90.2 Å². The molecule has 45 heavy (non-hydrogen) atoms. The number of ether oxygens (including phenoxy) is 1. The molecule has 3 atom stereocenters. The van der Waals surface area contributed by atoms with Crippen LogP contribution in [0.2, 0.25) is 0 Å². The lowest BCUT2D eigenvalue weighted by Gasteiger charge is -2.48. The van der Waals surface area contributed by atoms with Gasteiger partial charge in [-0.2, -0.15) is 5.26 Å². The van der Waals surface area contributed by atoms with E-state index in [0.717, 1.165) is 70.5 Å². The number of nitriles is 1. The zero-order valence-corrected chi connectivity index (χ0v) is 26.5. The Balaban J connectivity index is 1.08. The normalized spacial score (nSPS) is 22.7. The third-order valence-electron chi connectivity index (χ3n) is 10.1. The smallest absolute Gasteiger partial charge is 0.302 e. The molecule has 3 aromatic carbocycles. The monoisotopic (exact) mass is 629 g/mol. The molecular weight excluding hydrogens is 589 g/mol. The van der Waals surface area contributed by atoms with Crippen LogP contribution in [0.5, 0.6) is 0 Å². The number of carbonyl (C=O) groups is 1. The molecule has 0 aromatic heterocycles. The number of rotatable bonds is 9. The number of sulfone groups is 1. The van der Waals surface area contributed by atoms with E-state index < -0.39 is 15.3 Å². The van der Waals surface area contributed by atoms with Gasteiger partial charge in [-0.3, -0.25) is 4.79 Å². The zero-order chi connectivity index (χ0) is 31.6. The molecule has 3 fully saturated rings. The first-order chi connectivity index (χ1) is 21.7. The third kappa shape index (κ3) is 6.23. The van der Waals surface area contributed by atoms with Gasteiger partial charge in [0.15, 0.2) is 0 Å². The number of hydrogen-bond donors (Lipinski definition) is 0.